The molecular formula is C11H15NO4. The van der Waals surface area contributed by atoms with E-state index in [0.717, 1.165) is 5.56 Å². The highest BCUT2D eigenvalue weighted by molar-refractivity contribution is 5.30. The zero-order valence-corrected chi connectivity index (χ0v) is 8.61. The molecular weight excluding hydrogens is 210 g/mol. The zero-order chi connectivity index (χ0) is 11.7. The molecule has 0 unspecified atom stereocenters. The van der Waals surface area contributed by atoms with E-state index in [1.807, 2.05) is 0 Å². The van der Waals surface area contributed by atoms with Crippen molar-refractivity contribution in [2.24, 2.45) is 0 Å². The number of aliphatic hydroxyl groups is 3. The van der Waals surface area contributed by atoms with Crippen LogP contribution in [0.4, 0.5) is 0 Å². The summed E-state index contributed by atoms with van der Waals surface area (Å²) >= 11 is 0. The molecule has 4 atom stereocenters. The van der Waals surface area contributed by atoms with E-state index >= 15 is 0 Å². The summed E-state index contributed by atoms with van der Waals surface area (Å²) in [5.41, 5.74) is 0.764. The molecule has 88 valence electrons. The average molecular weight is 225 g/mol. The lowest BCUT2D eigenvalue weighted by Gasteiger charge is -2.16. The lowest BCUT2D eigenvalue weighted by atomic mass is 10.0. The van der Waals surface area contributed by atoms with Gasteiger partial charge >= 0.3 is 0 Å². The van der Waals surface area contributed by atoms with Crippen LogP contribution in [0, 0.1) is 0 Å². The molecule has 2 rings (SSSR count). The van der Waals surface area contributed by atoms with E-state index in [2.05, 4.69) is 5.32 Å². The molecule has 0 radical (unpaired) electrons. The summed E-state index contributed by atoms with van der Waals surface area (Å²) in [5.74, 6) is 0.149. The van der Waals surface area contributed by atoms with Crippen molar-refractivity contribution in [3.8, 4) is 5.75 Å². The molecule has 5 N–H and O–H groups in total. The Morgan fingerprint density at radius 2 is 1.69 bits per heavy atom. The van der Waals surface area contributed by atoms with Gasteiger partial charge in [-0.25, -0.2) is 0 Å². The summed E-state index contributed by atoms with van der Waals surface area (Å²) < 4.78 is 0. The van der Waals surface area contributed by atoms with Crippen molar-refractivity contribution in [1.29, 1.82) is 0 Å². The summed E-state index contributed by atoms with van der Waals surface area (Å²) in [4.78, 5) is 0. The minimum atomic E-state index is -0.983. The lowest BCUT2D eigenvalue weighted by Crippen LogP contribution is -2.35. The van der Waals surface area contributed by atoms with Crippen LogP contribution < -0.4 is 5.32 Å². The molecule has 1 saturated heterocycles. The molecule has 1 aromatic rings. The molecule has 0 spiro atoms. The van der Waals surface area contributed by atoms with Gasteiger partial charge < -0.3 is 25.7 Å². The van der Waals surface area contributed by atoms with E-state index in [1.54, 1.807) is 12.1 Å². The zero-order valence-electron chi connectivity index (χ0n) is 8.61. The van der Waals surface area contributed by atoms with Gasteiger partial charge in [-0.15, -0.1) is 0 Å². The monoisotopic (exact) mass is 225 g/mol. The fraction of sp³-hybridized carbons (Fsp3) is 0.455. The lowest BCUT2D eigenvalue weighted by molar-refractivity contribution is 0.0194. The molecule has 0 aromatic heterocycles. The molecule has 1 fully saturated rings. The summed E-state index contributed by atoms with van der Waals surface area (Å²) in [6.07, 6.45) is -1.94. The van der Waals surface area contributed by atoms with Crippen molar-refractivity contribution >= 4 is 0 Å². The number of nitrogens with one attached hydrogen (secondary N) is 1. The van der Waals surface area contributed by atoms with Crippen molar-refractivity contribution in [1.82, 2.24) is 5.32 Å². The Labute approximate surface area is 93.0 Å². The van der Waals surface area contributed by atoms with Gasteiger partial charge in [-0.05, 0) is 17.7 Å². The Hall–Kier alpha value is -1.14. The number of phenols is 1. The van der Waals surface area contributed by atoms with Crippen molar-refractivity contribution in [3.63, 3.8) is 0 Å². The van der Waals surface area contributed by atoms with Gasteiger partial charge in [0.25, 0.3) is 0 Å². The van der Waals surface area contributed by atoms with Gasteiger partial charge in [-0.2, -0.15) is 0 Å². The molecule has 0 saturated carbocycles. The molecule has 1 aliphatic rings. The number of hydrogen-bond acceptors (Lipinski definition) is 5. The van der Waals surface area contributed by atoms with Crippen LogP contribution in [0.25, 0.3) is 0 Å². The number of aromatic hydroxyl groups is 1. The third-order valence-corrected chi connectivity index (χ3v) is 2.95. The van der Waals surface area contributed by atoms with Crippen LogP contribution in [0.2, 0.25) is 0 Å². The summed E-state index contributed by atoms with van der Waals surface area (Å²) in [6.45, 7) is -0.229. The van der Waals surface area contributed by atoms with Gasteiger partial charge in [-0.1, -0.05) is 12.1 Å². The number of hydrogen-bond donors (Lipinski definition) is 5. The number of rotatable bonds is 2. The fourth-order valence-corrected chi connectivity index (χ4v) is 2.00. The van der Waals surface area contributed by atoms with E-state index < -0.39 is 24.3 Å². The third-order valence-electron chi connectivity index (χ3n) is 2.95. The molecule has 0 aliphatic carbocycles. The van der Waals surface area contributed by atoms with Gasteiger partial charge in [0.05, 0.1) is 24.8 Å². The highest BCUT2D eigenvalue weighted by atomic mass is 16.3. The largest absolute Gasteiger partial charge is 0.508 e. The predicted molar refractivity (Wildman–Crippen MR) is 56.9 cm³/mol. The number of aliphatic hydroxyl groups excluding tert-OH is 3. The van der Waals surface area contributed by atoms with Crippen LogP contribution in [-0.2, 0) is 0 Å². The maximum atomic E-state index is 9.80. The highest BCUT2D eigenvalue weighted by Gasteiger charge is 2.41. The number of phenolic OH excluding ortho intramolecular Hbond substituents is 1. The molecule has 1 aromatic carbocycles. The topological polar surface area (TPSA) is 93.0 Å². The van der Waals surface area contributed by atoms with E-state index in [9.17, 15) is 10.2 Å². The number of benzene rings is 1. The van der Waals surface area contributed by atoms with Gasteiger partial charge in [0, 0.05) is 0 Å². The van der Waals surface area contributed by atoms with E-state index in [1.165, 1.54) is 12.1 Å². The molecule has 0 amide bonds. The molecule has 16 heavy (non-hydrogen) atoms. The molecule has 0 bridgehead atoms. The first-order valence-corrected chi connectivity index (χ1v) is 5.15. The Morgan fingerprint density at radius 3 is 2.19 bits per heavy atom. The third kappa shape index (κ3) is 1.90. The van der Waals surface area contributed by atoms with Crippen LogP contribution >= 0.6 is 0 Å². The predicted octanol–water partition coefficient (Wildman–Crippen LogP) is -0.881. The van der Waals surface area contributed by atoms with Gasteiger partial charge in [0.2, 0.25) is 0 Å². The average Bonchev–Trinajstić information content (AvgIpc) is 2.57. The maximum absolute atomic E-state index is 9.80. The highest BCUT2D eigenvalue weighted by Crippen LogP contribution is 2.28. The normalized spacial score (nSPS) is 34.2. The Balaban J connectivity index is 2.19. The van der Waals surface area contributed by atoms with Crippen LogP contribution in [0.5, 0.6) is 5.75 Å². The van der Waals surface area contributed by atoms with Crippen LogP contribution in [0.1, 0.15) is 11.6 Å². The van der Waals surface area contributed by atoms with Gasteiger partial charge in [0.1, 0.15) is 11.9 Å². The minimum Gasteiger partial charge on any atom is -0.508 e. The summed E-state index contributed by atoms with van der Waals surface area (Å²) in [7, 11) is 0. The summed E-state index contributed by atoms with van der Waals surface area (Å²) in [6, 6.07) is 5.43. The maximum Gasteiger partial charge on any atom is 0.115 e. The first-order valence-electron chi connectivity index (χ1n) is 5.15. The Kier molecular flexibility index (Phi) is 3.11. The van der Waals surface area contributed by atoms with Crippen molar-refractivity contribution in [2.45, 2.75) is 24.3 Å². The SMILES string of the molecule is OC[C@@H]1N[C@@H](c2ccc(O)cc2)[C@@H](O)[C@@H]1O. The van der Waals surface area contributed by atoms with Crippen LogP contribution in [-0.4, -0.2) is 45.3 Å². The van der Waals surface area contributed by atoms with Gasteiger partial charge in [-0.3, -0.25) is 0 Å². The molecule has 5 heteroatoms. The fourth-order valence-electron chi connectivity index (χ4n) is 2.00. The minimum absolute atomic E-state index is 0.149. The van der Waals surface area contributed by atoms with Crippen LogP contribution in [0.15, 0.2) is 24.3 Å². The second kappa shape index (κ2) is 4.39. The quantitative estimate of drug-likeness (QED) is 0.451. The Bertz CT molecular complexity index is 354. The first-order chi connectivity index (χ1) is 7.63. The second-order valence-corrected chi connectivity index (χ2v) is 4.01. The molecule has 5 nitrogen and oxygen atoms in total. The molecule has 1 aliphatic heterocycles. The van der Waals surface area contributed by atoms with Gasteiger partial charge in [0.15, 0.2) is 0 Å². The van der Waals surface area contributed by atoms with Crippen LogP contribution in [0.3, 0.4) is 0 Å². The van der Waals surface area contributed by atoms with E-state index in [4.69, 9.17) is 10.2 Å². The van der Waals surface area contributed by atoms with Crippen molar-refractivity contribution in [3.05, 3.63) is 29.8 Å². The van der Waals surface area contributed by atoms with Crippen molar-refractivity contribution < 1.29 is 20.4 Å². The van der Waals surface area contributed by atoms with E-state index in [0.29, 0.717) is 0 Å². The molecule has 1 heterocycles. The Morgan fingerprint density at radius 1 is 1.06 bits per heavy atom. The second-order valence-electron chi connectivity index (χ2n) is 4.01. The standard InChI is InChI=1S/C11H15NO4/c13-5-8-10(15)11(16)9(12-8)6-1-3-7(14)4-2-6/h1-4,8-16H,5H2/t8-,9-,10+,11+/m0/s1. The van der Waals surface area contributed by atoms with Crippen molar-refractivity contribution in [2.75, 3.05) is 6.61 Å². The van der Waals surface area contributed by atoms with E-state index in [-0.39, 0.29) is 12.4 Å². The summed E-state index contributed by atoms with van der Waals surface area (Å²) in [5, 5.41) is 40.5. The smallest absolute Gasteiger partial charge is 0.115 e. The first kappa shape index (κ1) is 11.3.